The average Bonchev–Trinajstić information content (AvgIpc) is 2.38. The third-order valence-electron chi connectivity index (χ3n) is 3.16. The zero-order chi connectivity index (χ0) is 14.4. The Morgan fingerprint density at radius 3 is 2.53 bits per heavy atom. The summed E-state index contributed by atoms with van der Waals surface area (Å²) in [4.78, 5) is 14.4. The van der Waals surface area contributed by atoms with Crippen molar-refractivity contribution in [3.8, 4) is 0 Å². The van der Waals surface area contributed by atoms with Gasteiger partial charge in [0.25, 0.3) is 0 Å². The van der Waals surface area contributed by atoms with E-state index in [1.807, 2.05) is 13.0 Å². The van der Waals surface area contributed by atoms with Gasteiger partial charge < -0.3 is 15.7 Å². The van der Waals surface area contributed by atoms with E-state index in [0.29, 0.717) is 5.69 Å². The number of aryl methyl sites for hydroxylation is 1. The van der Waals surface area contributed by atoms with Crippen LogP contribution in [0.15, 0.2) is 17.0 Å². The lowest BCUT2D eigenvalue weighted by molar-refractivity contribution is 0.0697. The molecule has 0 aliphatic rings. The number of nitrogens with two attached hydrogens (primary N) is 1. The van der Waals surface area contributed by atoms with E-state index in [-0.39, 0.29) is 5.56 Å². The summed E-state index contributed by atoms with van der Waals surface area (Å²) in [5, 5.41) is 9.11. The Morgan fingerprint density at radius 1 is 1.37 bits per heavy atom. The van der Waals surface area contributed by atoms with Crippen molar-refractivity contribution >= 4 is 23.4 Å². The highest BCUT2D eigenvalue weighted by atomic mass is 32.2. The van der Waals surface area contributed by atoms with Gasteiger partial charge in [-0.25, -0.2) is 4.79 Å². The van der Waals surface area contributed by atoms with Gasteiger partial charge in [-0.3, -0.25) is 0 Å². The number of carbonyl (C=O) groups is 1. The van der Waals surface area contributed by atoms with E-state index in [1.54, 1.807) is 17.8 Å². The number of anilines is 1. The first kappa shape index (κ1) is 15.9. The van der Waals surface area contributed by atoms with Gasteiger partial charge in [-0.15, -0.1) is 11.8 Å². The van der Waals surface area contributed by atoms with Crippen LogP contribution in [0.5, 0.6) is 0 Å². The van der Waals surface area contributed by atoms with Crippen molar-refractivity contribution in [1.82, 2.24) is 4.90 Å². The molecule has 0 bridgehead atoms. The van der Waals surface area contributed by atoms with Crippen molar-refractivity contribution in [3.05, 3.63) is 23.3 Å². The number of aromatic carboxylic acids is 1. The minimum absolute atomic E-state index is 0.199. The maximum absolute atomic E-state index is 11.1. The number of thioether (sulfide) groups is 1. The molecule has 0 aliphatic carbocycles. The second-order valence-electron chi connectivity index (χ2n) is 4.38. The van der Waals surface area contributed by atoms with Gasteiger partial charge >= 0.3 is 5.97 Å². The summed E-state index contributed by atoms with van der Waals surface area (Å²) in [5.41, 5.74) is 7.16. The van der Waals surface area contributed by atoms with Crippen LogP contribution in [0.25, 0.3) is 0 Å². The lowest BCUT2D eigenvalue weighted by Gasteiger charge is -2.17. The molecular weight excluding hydrogens is 260 g/mol. The van der Waals surface area contributed by atoms with E-state index in [1.165, 1.54) is 0 Å². The number of carboxylic acid groups (broad SMARTS) is 1. The number of rotatable bonds is 7. The molecule has 0 saturated heterocycles. The number of nitrogen functional groups attached to an aromatic ring is 1. The number of hydrogen-bond donors (Lipinski definition) is 2. The topological polar surface area (TPSA) is 66.6 Å². The Balaban J connectivity index is 2.72. The molecule has 0 heterocycles. The summed E-state index contributed by atoms with van der Waals surface area (Å²) in [6.45, 7) is 9.21. The number of hydrogen-bond acceptors (Lipinski definition) is 4. The Hall–Kier alpha value is -1.20. The number of carboxylic acids is 1. The maximum Gasteiger partial charge on any atom is 0.337 e. The highest BCUT2D eigenvalue weighted by molar-refractivity contribution is 7.99. The standard InChI is InChI=1S/C14H22N2O2S/c1-4-16(5-2)6-7-19-11-8-10(3)13(15)12(9-11)14(17)18/h8-9H,4-7,15H2,1-3H3,(H,17,18). The number of nitrogens with zero attached hydrogens (tertiary/aromatic N) is 1. The van der Waals surface area contributed by atoms with Gasteiger partial charge in [-0.05, 0) is 37.7 Å². The Bertz CT molecular complexity index is 445. The van der Waals surface area contributed by atoms with Crippen LogP contribution in [0.4, 0.5) is 5.69 Å². The van der Waals surface area contributed by atoms with Gasteiger partial charge in [0.05, 0.1) is 5.56 Å². The SMILES string of the molecule is CCN(CC)CCSc1cc(C)c(N)c(C(=O)O)c1. The van der Waals surface area contributed by atoms with E-state index in [2.05, 4.69) is 18.7 Å². The largest absolute Gasteiger partial charge is 0.478 e. The molecule has 0 aromatic heterocycles. The molecule has 0 radical (unpaired) electrons. The monoisotopic (exact) mass is 282 g/mol. The van der Waals surface area contributed by atoms with Crippen molar-refractivity contribution in [2.24, 2.45) is 0 Å². The van der Waals surface area contributed by atoms with E-state index in [0.717, 1.165) is 35.8 Å². The molecule has 5 heteroatoms. The molecule has 0 atom stereocenters. The maximum atomic E-state index is 11.1. The average molecular weight is 282 g/mol. The summed E-state index contributed by atoms with van der Waals surface area (Å²) >= 11 is 1.67. The van der Waals surface area contributed by atoms with E-state index in [4.69, 9.17) is 10.8 Å². The lowest BCUT2D eigenvalue weighted by atomic mass is 10.1. The fourth-order valence-corrected chi connectivity index (χ4v) is 2.90. The van der Waals surface area contributed by atoms with Gasteiger partial charge in [0.15, 0.2) is 0 Å². The van der Waals surface area contributed by atoms with Gasteiger partial charge in [0, 0.05) is 22.9 Å². The van der Waals surface area contributed by atoms with Crippen molar-refractivity contribution in [2.75, 3.05) is 31.1 Å². The summed E-state index contributed by atoms with van der Waals surface area (Å²) < 4.78 is 0. The minimum Gasteiger partial charge on any atom is -0.478 e. The summed E-state index contributed by atoms with van der Waals surface area (Å²) in [5.74, 6) is -0.0174. The van der Waals surface area contributed by atoms with Gasteiger partial charge in [-0.2, -0.15) is 0 Å². The van der Waals surface area contributed by atoms with Crippen molar-refractivity contribution < 1.29 is 9.90 Å². The third-order valence-corrected chi connectivity index (χ3v) is 4.12. The predicted molar refractivity (Wildman–Crippen MR) is 81.1 cm³/mol. The van der Waals surface area contributed by atoms with Gasteiger partial charge in [-0.1, -0.05) is 13.8 Å². The fourth-order valence-electron chi connectivity index (χ4n) is 1.86. The Labute approximate surface area is 119 Å². The normalized spacial score (nSPS) is 10.9. The van der Waals surface area contributed by atoms with Crippen LogP contribution in [-0.4, -0.2) is 41.4 Å². The molecular formula is C14H22N2O2S. The minimum atomic E-state index is -0.966. The molecule has 0 fully saturated rings. The van der Waals surface area contributed by atoms with Crippen LogP contribution in [0.2, 0.25) is 0 Å². The summed E-state index contributed by atoms with van der Waals surface area (Å²) in [6, 6.07) is 3.62. The first-order valence-electron chi connectivity index (χ1n) is 6.48. The van der Waals surface area contributed by atoms with Crippen molar-refractivity contribution in [2.45, 2.75) is 25.7 Å². The van der Waals surface area contributed by atoms with E-state index < -0.39 is 5.97 Å². The number of benzene rings is 1. The van der Waals surface area contributed by atoms with Gasteiger partial charge in [0.2, 0.25) is 0 Å². The molecule has 106 valence electrons. The molecule has 3 N–H and O–H groups in total. The molecule has 1 aromatic rings. The highest BCUT2D eigenvalue weighted by Gasteiger charge is 2.12. The van der Waals surface area contributed by atoms with Crippen molar-refractivity contribution in [1.29, 1.82) is 0 Å². The molecule has 0 spiro atoms. The highest BCUT2D eigenvalue weighted by Crippen LogP contribution is 2.26. The molecule has 19 heavy (non-hydrogen) atoms. The van der Waals surface area contributed by atoms with E-state index >= 15 is 0 Å². The molecule has 1 rings (SSSR count). The first-order chi connectivity index (χ1) is 8.99. The zero-order valence-corrected chi connectivity index (χ0v) is 12.6. The van der Waals surface area contributed by atoms with Crippen LogP contribution in [0.1, 0.15) is 29.8 Å². The molecule has 0 unspecified atom stereocenters. The molecule has 0 aliphatic heterocycles. The van der Waals surface area contributed by atoms with E-state index in [9.17, 15) is 4.79 Å². The Kier molecular flexibility index (Phi) is 6.18. The summed E-state index contributed by atoms with van der Waals surface area (Å²) in [7, 11) is 0. The van der Waals surface area contributed by atoms with Crippen LogP contribution in [-0.2, 0) is 0 Å². The van der Waals surface area contributed by atoms with Crippen LogP contribution in [0, 0.1) is 6.92 Å². The molecule has 1 aromatic carbocycles. The van der Waals surface area contributed by atoms with Crippen LogP contribution in [0.3, 0.4) is 0 Å². The second-order valence-corrected chi connectivity index (χ2v) is 5.55. The van der Waals surface area contributed by atoms with Gasteiger partial charge in [0.1, 0.15) is 0 Å². The fraction of sp³-hybridized carbons (Fsp3) is 0.500. The van der Waals surface area contributed by atoms with Crippen LogP contribution < -0.4 is 5.73 Å². The predicted octanol–water partition coefficient (Wildman–Crippen LogP) is 2.71. The smallest absolute Gasteiger partial charge is 0.337 e. The Morgan fingerprint density at radius 2 is 2.00 bits per heavy atom. The molecule has 0 amide bonds. The van der Waals surface area contributed by atoms with Crippen LogP contribution >= 0.6 is 11.8 Å². The quantitative estimate of drug-likeness (QED) is 0.594. The zero-order valence-electron chi connectivity index (χ0n) is 11.8. The lowest BCUT2D eigenvalue weighted by Crippen LogP contribution is -2.25. The second kappa shape index (κ2) is 7.40. The first-order valence-corrected chi connectivity index (χ1v) is 7.46. The third kappa shape index (κ3) is 4.44. The molecule has 0 saturated carbocycles. The summed E-state index contributed by atoms with van der Waals surface area (Å²) in [6.07, 6.45) is 0. The molecule has 4 nitrogen and oxygen atoms in total. The van der Waals surface area contributed by atoms with Crippen molar-refractivity contribution in [3.63, 3.8) is 0 Å².